The van der Waals surface area contributed by atoms with E-state index in [9.17, 15) is 13.2 Å². The third kappa shape index (κ3) is 2.69. The summed E-state index contributed by atoms with van der Waals surface area (Å²) in [5.74, 6) is -1.05. The van der Waals surface area contributed by atoms with Crippen LogP contribution in [0.4, 0.5) is 13.2 Å². The second-order valence-corrected chi connectivity index (χ2v) is 4.92. The SMILES string of the molecule is Fc1c(-c2c(Cl)ccc(Cl)c2Cl)cccc1C(F)F. The molecule has 2 aromatic carbocycles. The summed E-state index contributed by atoms with van der Waals surface area (Å²) in [6.07, 6.45) is -2.92. The van der Waals surface area contributed by atoms with Crippen LogP contribution in [0.2, 0.25) is 15.1 Å². The van der Waals surface area contributed by atoms with E-state index in [1.54, 1.807) is 0 Å². The Bertz CT molecular complexity index is 627. The van der Waals surface area contributed by atoms with Crippen molar-refractivity contribution < 1.29 is 13.2 Å². The fraction of sp³-hybridized carbons (Fsp3) is 0.0769. The van der Waals surface area contributed by atoms with Gasteiger partial charge in [-0.2, -0.15) is 0 Å². The van der Waals surface area contributed by atoms with Gasteiger partial charge < -0.3 is 0 Å². The Balaban J connectivity index is 2.73. The molecule has 0 atom stereocenters. The zero-order valence-corrected chi connectivity index (χ0v) is 11.5. The number of alkyl halides is 2. The molecule has 0 unspecified atom stereocenters. The average Bonchev–Trinajstić information content (AvgIpc) is 2.36. The summed E-state index contributed by atoms with van der Waals surface area (Å²) in [5.41, 5.74) is -0.698. The molecular weight excluding hydrogens is 319 g/mol. The van der Waals surface area contributed by atoms with Gasteiger partial charge in [-0.05, 0) is 12.1 Å². The quantitative estimate of drug-likeness (QED) is 0.561. The Morgan fingerprint density at radius 1 is 0.895 bits per heavy atom. The first-order valence-corrected chi connectivity index (χ1v) is 6.27. The summed E-state index contributed by atoms with van der Waals surface area (Å²) in [7, 11) is 0. The van der Waals surface area contributed by atoms with Crippen LogP contribution in [0.5, 0.6) is 0 Å². The predicted octanol–water partition coefficient (Wildman–Crippen LogP) is 6.39. The fourth-order valence-electron chi connectivity index (χ4n) is 1.69. The van der Waals surface area contributed by atoms with Gasteiger partial charge in [0.15, 0.2) is 0 Å². The molecule has 0 aliphatic rings. The Labute approximate surface area is 122 Å². The molecular formula is C13H6Cl3F3. The average molecular weight is 326 g/mol. The van der Waals surface area contributed by atoms with Crippen molar-refractivity contribution in [2.75, 3.05) is 0 Å². The van der Waals surface area contributed by atoms with Crippen LogP contribution in [-0.4, -0.2) is 0 Å². The van der Waals surface area contributed by atoms with Crippen molar-refractivity contribution in [3.05, 3.63) is 56.8 Å². The first kappa shape index (κ1) is 14.5. The highest BCUT2D eigenvalue weighted by atomic mass is 35.5. The second-order valence-electron chi connectivity index (χ2n) is 3.73. The molecule has 0 N–H and O–H groups in total. The summed E-state index contributed by atoms with van der Waals surface area (Å²) in [6, 6.07) is 6.53. The number of hydrogen-bond donors (Lipinski definition) is 0. The van der Waals surface area contributed by atoms with E-state index in [-0.39, 0.29) is 26.2 Å². The Hall–Kier alpha value is -0.900. The van der Waals surface area contributed by atoms with Gasteiger partial charge in [0.1, 0.15) is 5.82 Å². The van der Waals surface area contributed by atoms with Crippen LogP contribution in [0.15, 0.2) is 30.3 Å². The van der Waals surface area contributed by atoms with Crippen LogP contribution in [0.1, 0.15) is 12.0 Å². The smallest absolute Gasteiger partial charge is 0.206 e. The van der Waals surface area contributed by atoms with Gasteiger partial charge in [0.25, 0.3) is 6.43 Å². The Morgan fingerprint density at radius 3 is 2.16 bits per heavy atom. The zero-order chi connectivity index (χ0) is 14.2. The van der Waals surface area contributed by atoms with E-state index in [0.29, 0.717) is 0 Å². The molecule has 0 spiro atoms. The van der Waals surface area contributed by atoms with Crippen molar-refractivity contribution in [1.29, 1.82) is 0 Å². The molecule has 2 aromatic rings. The van der Waals surface area contributed by atoms with E-state index in [1.165, 1.54) is 24.3 Å². The van der Waals surface area contributed by atoms with Crippen molar-refractivity contribution >= 4 is 34.8 Å². The van der Waals surface area contributed by atoms with Crippen LogP contribution >= 0.6 is 34.8 Å². The lowest BCUT2D eigenvalue weighted by Gasteiger charge is -2.12. The molecule has 0 saturated carbocycles. The van der Waals surface area contributed by atoms with Gasteiger partial charge in [-0.1, -0.05) is 53.0 Å². The van der Waals surface area contributed by atoms with Gasteiger partial charge in [0.05, 0.1) is 20.6 Å². The zero-order valence-electron chi connectivity index (χ0n) is 9.23. The van der Waals surface area contributed by atoms with Crippen LogP contribution in [-0.2, 0) is 0 Å². The molecule has 0 heterocycles. The first-order chi connectivity index (χ1) is 8.93. The van der Waals surface area contributed by atoms with Crippen LogP contribution in [0.25, 0.3) is 11.1 Å². The fourth-order valence-corrected chi connectivity index (χ4v) is 2.42. The third-order valence-corrected chi connectivity index (χ3v) is 3.70. The lowest BCUT2D eigenvalue weighted by molar-refractivity contribution is 0.146. The van der Waals surface area contributed by atoms with E-state index >= 15 is 0 Å². The van der Waals surface area contributed by atoms with Crippen molar-refractivity contribution in [2.45, 2.75) is 6.43 Å². The van der Waals surface area contributed by atoms with Crippen LogP contribution in [0.3, 0.4) is 0 Å². The van der Waals surface area contributed by atoms with Gasteiger partial charge >= 0.3 is 0 Å². The molecule has 0 nitrogen and oxygen atoms in total. The van der Waals surface area contributed by atoms with Gasteiger partial charge in [-0.25, -0.2) is 13.2 Å². The maximum atomic E-state index is 14.1. The molecule has 19 heavy (non-hydrogen) atoms. The molecule has 0 bridgehead atoms. The molecule has 0 aliphatic carbocycles. The lowest BCUT2D eigenvalue weighted by Crippen LogP contribution is -1.95. The van der Waals surface area contributed by atoms with E-state index in [1.807, 2.05) is 0 Å². The number of halogens is 6. The number of benzene rings is 2. The number of rotatable bonds is 2. The predicted molar refractivity (Wildman–Crippen MR) is 71.8 cm³/mol. The number of hydrogen-bond acceptors (Lipinski definition) is 0. The molecule has 0 amide bonds. The van der Waals surface area contributed by atoms with Gasteiger partial charge in [0, 0.05) is 11.1 Å². The van der Waals surface area contributed by atoms with E-state index in [2.05, 4.69) is 0 Å². The van der Waals surface area contributed by atoms with Crippen LogP contribution in [0, 0.1) is 5.82 Å². The van der Waals surface area contributed by atoms with E-state index in [4.69, 9.17) is 34.8 Å². The van der Waals surface area contributed by atoms with Crippen LogP contribution < -0.4 is 0 Å². The normalized spacial score (nSPS) is 11.1. The molecule has 100 valence electrons. The molecule has 0 fully saturated rings. The summed E-state index contributed by atoms with van der Waals surface area (Å²) in [5, 5.41) is 0.335. The maximum absolute atomic E-state index is 14.1. The summed E-state index contributed by atoms with van der Waals surface area (Å²) < 4.78 is 39.4. The minimum absolute atomic E-state index is 0.0273. The molecule has 0 radical (unpaired) electrons. The van der Waals surface area contributed by atoms with Gasteiger partial charge in [-0.15, -0.1) is 0 Å². The van der Waals surface area contributed by atoms with E-state index < -0.39 is 17.8 Å². The first-order valence-electron chi connectivity index (χ1n) is 5.14. The third-order valence-electron chi connectivity index (χ3n) is 2.58. The summed E-state index contributed by atoms with van der Waals surface area (Å²) in [6.45, 7) is 0. The second kappa shape index (κ2) is 5.61. The van der Waals surface area contributed by atoms with Crippen molar-refractivity contribution in [2.24, 2.45) is 0 Å². The van der Waals surface area contributed by atoms with Crippen molar-refractivity contribution in [3.63, 3.8) is 0 Å². The minimum Gasteiger partial charge on any atom is -0.206 e. The topological polar surface area (TPSA) is 0 Å². The summed E-state index contributed by atoms with van der Waals surface area (Å²) in [4.78, 5) is 0. The highest BCUT2D eigenvalue weighted by molar-refractivity contribution is 6.46. The standard InChI is InChI=1S/C13H6Cl3F3/c14-8-4-5-9(15)11(16)10(8)6-2-1-3-7(12(6)17)13(18)19/h1-5,13H. The molecule has 2 rings (SSSR count). The Morgan fingerprint density at radius 2 is 1.53 bits per heavy atom. The van der Waals surface area contributed by atoms with Gasteiger partial charge in [0.2, 0.25) is 0 Å². The molecule has 0 saturated heterocycles. The molecule has 0 aromatic heterocycles. The van der Waals surface area contributed by atoms with Crippen molar-refractivity contribution in [3.8, 4) is 11.1 Å². The highest BCUT2D eigenvalue weighted by Crippen LogP contribution is 2.41. The molecule has 0 aliphatic heterocycles. The largest absolute Gasteiger partial charge is 0.266 e. The molecule has 6 heteroatoms. The van der Waals surface area contributed by atoms with Gasteiger partial charge in [-0.3, -0.25) is 0 Å². The summed E-state index contributed by atoms with van der Waals surface area (Å²) >= 11 is 17.7. The monoisotopic (exact) mass is 324 g/mol. The van der Waals surface area contributed by atoms with Crippen molar-refractivity contribution in [1.82, 2.24) is 0 Å². The Kier molecular flexibility index (Phi) is 4.29. The lowest BCUT2D eigenvalue weighted by atomic mass is 10.0. The minimum atomic E-state index is -2.92. The maximum Gasteiger partial charge on any atom is 0.266 e. The van der Waals surface area contributed by atoms with E-state index in [0.717, 1.165) is 6.07 Å². The highest BCUT2D eigenvalue weighted by Gasteiger charge is 2.20.